The Balaban J connectivity index is 1.62. The number of hydrogen-bond donors (Lipinski definition) is 0. The number of amides is 2. The average Bonchev–Trinajstić information content (AvgIpc) is 2.74. The zero-order valence-corrected chi connectivity index (χ0v) is 16.3. The van der Waals surface area contributed by atoms with Crippen molar-refractivity contribution in [1.82, 2.24) is 9.80 Å². The summed E-state index contributed by atoms with van der Waals surface area (Å²) in [5, 5.41) is 11.3. The van der Waals surface area contributed by atoms with Crippen molar-refractivity contribution in [2.75, 3.05) is 32.8 Å². The lowest BCUT2D eigenvalue weighted by atomic mass is 9.94. The molecule has 2 aliphatic heterocycles. The highest BCUT2D eigenvalue weighted by molar-refractivity contribution is 5.95. The summed E-state index contributed by atoms with van der Waals surface area (Å²) in [6.45, 7) is 4.72. The van der Waals surface area contributed by atoms with Crippen molar-refractivity contribution in [2.45, 2.75) is 39.0 Å². The van der Waals surface area contributed by atoms with Crippen LogP contribution < -0.4 is 4.74 Å². The SMILES string of the molecule is CCOc1ccc(C(=O)N2CCC(C(=O)N3CCCCC3)CC2)cc1[N+](=O)[O-]. The van der Waals surface area contributed by atoms with Crippen LogP contribution in [0.5, 0.6) is 5.75 Å². The van der Waals surface area contributed by atoms with Gasteiger partial charge >= 0.3 is 5.69 Å². The lowest BCUT2D eigenvalue weighted by Gasteiger charge is -2.35. The zero-order chi connectivity index (χ0) is 20.1. The van der Waals surface area contributed by atoms with E-state index < -0.39 is 4.92 Å². The van der Waals surface area contributed by atoms with Crippen LogP contribution in [0.25, 0.3) is 0 Å². The fourth-order valence-corrected chi connectivity index (χ4v) is 3.96. The molecule has 8 heteroatoms. The maximum Gasteiger partial charge on any atom is 0.311 e. The van der Waals surface area contributed by atoms with Gasteiger partial charge in [0, 0.05) is 43.7 Å². The maximum atomic E-state index is 12.8. The number of carbonyl (C=O) groups is 2. The second-order valence-electron chi connectivity index (χ2n) is 7.33. The minimum atomic E-state index is -0.536. The molecular formula is C20H27N3O5. The average molecular weight is 389 g/mol. The first-order valence-corrected chi connectivity index (χ1v) is 10.0. The molecule has 2 amide bonds. The number of piperidine rings is 2. The summed E-state index contributed by atoms with van der Waals surface area (Å²) in [4.78, 5) is 39.8. The van der Waals surface area contributed by atoms with Crippen LogP contribution in [0.15, 0.2) is 18.2 Å². The van der Waals surface area contributed by atoms with Crippen molar-refractivity contribution < 1.29 is 19.2 Å². The van der Waals surface area contributed by atoms with E-state index in [-0.39, 0.29) is 34.7 Å². The summed E-state index contributed by atoms with van der Waals surface area (Å²) in [7, 11) is 0. The third-order valence-corrected chi connectivity index (χ3v) is 5.50. The van der Waals surface area contributed by atoms with Gasteiger partial charge in [0.15, 0.2) is 5.75 Å². The van der Waals surface area contributed by atoms with E-state index in [1.807, 2.05) is 4.90 Å². The van der Waals surface area contributed by atoms with Crippen LogP contribution >= 0.6 is 0 Å². The van der Waals surface area contributed by atoms with Crippen molar-refractivity contribution in [1.29, 1.82) is 0 Å². The van der Waals surface area contributed by atoms with Crippen molar-refractivity contribution in [2.24, 2.45) is 5.92 Å². The number of carbonyl (C=O) groups excluding carboxylic acids is 2. The van der Waals surface area contributed by atoms with Gasteiger partial charge < -0.3 is 14.5 Å². The van der Waals surface area contributed by atoms with Crippen LogP contribution in [-0.4, -0.2) is 59.3 Å². The van der Waals surface area contributed by atoms with Crippen LogP contribution in [0, 0.1) is 16.0 Å². The molecule has 0 saturated carbocycles. The molecule has 0 spiro atoms. The normalized spacial score (nSPS) is 18.0. The van der Waals surface area contributed by atoms with Crippen LogP contribution in [0.2, 0.25) is 0 Å². The van der Waals surface area contributed by atoms with Gasteiger partial charge in [0.25, 0.3) is 5.91 Å². The van der Waals surface area contributed by atoms with Crippen LogP contribution in [-0.2, 0) is 4.79 Å². The molecule has 2 heterocycles. The molecule has 152 valence electrons. The molecule has 28 heavy (non-hydrogen) atoms. The largest absolute Gasteiger partial charge is 0.487 e. The molecule has 2 fully saturated rings. The first-order valence-electron chi connectivity index (χ1n) is 10.0. The predicted octanol–water partition coefficient (Wildman–Crippen LogP) is 2.86. The number of likely N-dealkylation sites (tertiary alicyclic amines) is 2. The number of hydrogen-bond acceptors (Lipinski definition) is 5. The molecule has 1 aromatic carbocycles. The molecule has 0 aromatic heterocycles. The van der Waals surface area contributed by atoms with Gasteiger partial charge in [-0.1, -0.05) is 0 Å². The standard InChI is InChI=1S/C20H27N3O5/c1-2-28-18-7-6-16(14-17(18)23(26)27)20(25)22-12-8-15(9-13-22)19(24)21-10-4-3-5-11-21/h6-7,14-15H,2-5,8-13H2,1H3. The molecule has 0 atom stereocenters. The highest BCUT2D eigenvalue weighted by atomic mass is 16.6. The minimum Gasteiger partial charge on any atom is -0.487 e. The maximum absolute atomic E-state index is 12.8. The summed E-state index contributed by atoms with van der Waals surface area (Å²) < 4.78 is 5.27. The van der Waals surface area contributed by atoms with Crippen molar-refractivity contribution in [3.05, 3.63) is 33.9 Å². The molecule has 1 aromatic rings. The number of nitro groups is 1. The Morgan fingerprint density at radius 3 is 2.39 bits per heavy atom. The summed E-state index contributed by atoms with van der Waals surface area (Å²) in [6.07, 6.45) is 4.60. The van der Waals surface area contributed by atoms with Crippen molar-refractivity contribution in [3.8, 4) is 5.75 Å². The molecule has 0 N–H and O–H groups in total. The van der Waals surface area contributed by atoms with Gasteiger partial charge in [-0.3, -0.25) is 19.7 Å². The first-order chi connectivity index (χ1) is 13.5. The van der Waals surface area contributed by atoms with Crippen LogP contribution in [0.3, 0.4) is 0 Å². The molecule has 8 nitrogen and oxygen atoms in total. The predicted molar refractivity (Wildman–Crippen MR) is 103 cm³/mol. The summed E-state index contributed by atoms with van der Waals surface area (Å²) in [6, 6.07) is 4.31. The van der Waals surface area contributed by atoms with E-state index in [2.05, 4.69) is 0 Å². The third kappa shape index (κ3) is 4.43. The molecule has 0 unspecified atom stereocenters. The molecule has 3 rings (SSSR count). The Hall–Kier alpha value is -2.64. The monoisotopic (exact) mass is 389 g/mol. The second kappa shape index (κ2) is 9.03. The number of rotatable bonds is 5. The Morgan fingerprint density at radius 2 is 1.79 bits per heavy atom. The Labute approximate surface area is 164 Å². The summed E-state index contributed by atoms with van der Waals surface area (Å²) in [5.41, 5.74) is 0.0684. The van der Waals surface area contributed by atoms with E-state index >= 15 is 0 Å². The Kier molecular flexibility index (Phi) is 6.49. The zero-order valence-electron chi connectivity index (χ0n) is 16.3. The van der Waals surface area contributed by atoms with Gasteiger partial charge in [0.1, 0.15) is 0 Å². The molecule has 2 aliphatic rings. The fraction of sp³-hybridized carbons (Fsp3) is 0.600. The summed E-state index contributed by atoms with van der Waals surface area (Å²) >= 11 is 0. The highest BCUT2D eigenvalue weighted by Gasteiger charge is 2.31. The van der Waals surface area contributed by atoms with E-state index in [9.17, 15) is 19.7 Å². The van der Waals surface area contributed by atoms with E-state index in [1.54, 1.807) is 17.9 Å². The smallest absolute Gasteiger partial charge is 0.311 e. The lowest BCUT2D eigenvalue weighted by molar-refractivity contribution is -0.385. The van der Waals surface area contributed by atoms with Crippen LogP contribution in [0.1, 0.15) is 49.4 Å². The number of benzene rings is 1. The van der Waals surface area contributed by atoms with Crippen molar-refractivity contribution >= 4 is 17.5 Å². The third-order valence-electron chi connectivity index (χ3n) is 5.50. The van der Waals surface area contributed by atoms with Gasteiger partial charge in [-0.25, -0.2) is 0 Å². The number of ether oxygens (including phenoxy) is 1. The van der Waals surface area contributed by atoms with Gasteiger partial charge in [0.05, 0.1) is 11.5 Å². The van der Waals surface area contributed by atoms with E-state index in [0.29, 0.717) is 32.5 Å². The minimum absolute atomic E-state index is 0.0307. The number of nitro benzene ring substituents is 1. The van der Waals surface area contributed by atoms with Gasteiger partial charge in [-0.15, -0.1) is 0 Å². The molecule has 0 aliphatic carbocycles. The van der Waals surface area contributed by atoms with Gasteiger partial charge in [-0.05, 0) is 51.2 Å². The highest BCUT2D eigenvalue weighted by Crippen LogP contribution is 2.29. The van der Waals surface area contributed by atoms with Crippen molar-refractivity contribution in [3.63, 3.8) is 0 Å². The Bertz CT molecular complexity index is 737. The van der Waals surface area contributed by atoms with Gasteiger partial charge in [-0.2, -0.15) is 0 Å². The van der Waals surface area contributed by atoms with E-state index in [0.717, 1.165) is 25.9 Å². The van der Waals surface area contributed by atoms with E-state index in [1.165, 1.54) is 18.6 Å². The molecular weight excluding hydrogens is 362 g/mol. The topological polar surface area (TPSA) is 93.0 Å². The molecule has 0 radical (unpaired) electrons. The number of nitrogens with zero attached hydrogens (tertiary/aromatic N) is 3. The summed E-state index contributed by atoms with van der Waals surface area (Å²) in [5.74, 6) is 0.102. The Morgan fingerprint density at radius 1 is 1.11 bits per heavy atom. The second-order valence-corrected chi connectivity index (χ2v) is 7.33. The first kappa shape index (κ1) is 20.1. The van der Waals surface area contributed by atoms with Crippen LogP contribution in [0.4, 0.5) is 5.69 Å². The quantitative estimate of drug-likeness (QED) is 0.570. The van der Waals surface area contributed by atoms with E-state index in [4.69, 9.17) is 4.74 Å². The molecule has 2 saturated heterocycles. The molecule has 0 bridgehead atoms. The van der Waals surface area contributed by atoms with Gasteiger partial charge in [0.2, 0.25) is 5.91 Å². The fourth-order valence-electron chi connectivity index (χ4n) is 3.96. The lowest BCUT2D eigenvalue weighted by Crippen LogP contribution is -2.45.